The van der Waals surface area contributed by atoms with Gasteiger partial charge in [-0.2, -0.15) is 0 Å². The standard InChI is InChI=1S/C22H25N9OS/c1-2-31-21(26-27-28-31)14-4-6-15(7-5-14)29-10-3-11-30(13-12-29)16-8-9-25-22-17(16)18(23)19(33-22)20(24)32/h4-9H,2-3,10-13,23H2,1H3,(H2,24,32). The molecule has 0 radical (unpaired) electrons. The maximum atomic E-state index is 11.8. The maximum absolute atomic E-state index is 11.8. The van der Waals surface area contributed by atoms with Gasteiger partial charge in [-0.25, -0.2) is 9.67 Å². The van der Waals surface area contributed by atoms with Gasteiger partial charge >= 0.3 is 0 Å². The molecule has 5 rings (SSSR count). The summed E-state index contributed by atoms with van der Waals surface area (Å²) in [5, 5.41) is 12.8. The second-order valence-electron chi connectivity index (χ2n) is 7.91. The summed E-state index contributed by atoms with van der Waals surface area (Å²) in [6.07, 6.45) is 2.76. The van der Waals surface area contributed by atoms with E-state index in [2.05, 4.69) is 54.6 Å². The van der Waals surface area contributed by atoms with Gasteiger partial charge in [0.25, 0.3) is 5.91 Å². The Morgan fingerprint density at radius 3 is 2.61 bits per heavy atom. The molecule has 10 nitrogen and oxygen atoms in total. The Morgan fingerprint density at radius 2 is 1.85 bits per heavy atom. The van der Waals surface area contributed by atoms with E-state index in [1.54, 1.807) is 10.9 Å². The first-order valence-corrected chi connectivity index (χ1v) is 11.7. The Morgan fingerprint density at radius 1 is 1.09 bits per heavy atom. The fourth-order valence-electron chi connectivity index (χ4n) is 4.34. The number of anilines is 3. The van der Waals surface area contributed by atoms with E-state index in [1.807, 2.05) is 13.0 Å². The molecule has 1 aliphatic rings. The topological polar surface area (TPSA) is 132 Å². The summed E-state index contributed by atoms with van der Waals surface area (Å²) in [6.45, 7) is 6.28. The number of tetrazole rings is 1. The van der Waals surface area contributed by atoms with Crippen LogP contribution in [0.2, 0.25) is 0 Å². The van der Waals surface area contributed by atoms with Crippen LogP contribution in [-0.2, 0) is 6.54 Å². The summed E-state index contributed by atoms with van der Waals surface area (Å²) in [5.74, 6) is 0.261. The molecule has 4 aromatic rings. The third-order valence-electron chi connectivity index (χ3n) is 5.99. The van der Waals surface area contributed by atoms with Gasteiger partial charge in [0, 0.05) is 50.2 Å². The highest BCUT2D eigenvalue weighted by molar-refractivity contribution is 7.21. The van der Waals surface area contributed by atoms with Gasteiger partial charge in [-0.1, -0.05) is 0 Å². The van der Waals surface area contributed by atoms with Gasteiger partial charge in [-0.05, 0) is 54.1 Å². The van der Waals surface area contributed by atoms with Crippen LogP contribution in [0.3, 0.4) is 0 Å². The Bertz CT molecular complexity index is 1300. The number of rotatable bonds is 5. The molecule has 1 aromatic carbocycles. The van der Waals surface area contributed by atoms with Crippen molar-refractivity contribution in [3.8, 4) is 11.4 Å². The summed E-state index contributed by atoms with van der Waals surface area (Å²) < 4.78 is 1.79. The molecule has 3 aromatic heterocycles. The molecule has 1 saturated heterocycles. The number of nitrogen functional groups attached to an aromatic ring is 1. The summed E-state index contributed by atoms with van der Waals surface area (Å²) in [4.78, 5) is 22.0. The molecule has 0 saturated carbocycles. The van der Waals surface area contributed by atoms with Gasteiger partial charge in [0.05, 0.1) is 16.8 Å². The molecule has 1 aliphatic heterocycles. The largest absolute Gasteiger partial charge is 0.397 e. The minimum Gasteiger partial charge on any atom is -0.397 e. The zero-order valence-corrected chi connectivity index (χ0v) is 19.1. The first kappa shape index (κ1) is 21.1. The molecule has 0 aliphatic carbocycles. The molecular formula is C22H25N9OS. The molecule has 11 heteroatoms. The Balaban J connectivity index is 1.36. The van der Waals surface area contributed by atoms with Crippen molar-refractivity contribution in [3.05, 3.63) is 41.4 Å². The van der Waals surface area contributed by atoms with Crippen molar-refractivity contribution in [1.82, 2.24) is 25.2 Å². The van der Waals surface area contributed by atoms with Crippen molar-refractivity contribution < 1.29 is 4.79 Å². The number of nitrogens with zero attached hydrogens (tertiary/aromatic N) is 7. The number of carbonyl (C=O) groups excluding carboxylic acids is 1. The molecule has 4 heterocycles. The fraction of sp³-hybridized carbons (Fsp3) is 0.318. The Kier molecular flexibility index (Phi) is 5.55. The number of carbonyl (C=O) groups is 1. The highest BCUT2D eigenvalue weighted by Gasteiger charge is 2.22. The maximum Gasteiger partial charge on any atom is 0.260 e. The van der Waals surface area contributed by atoms with Crippen LogP contribution in [0.15, 0.2) is 36.5 Å². The summed E-state index contributed by atoms with van der Waals surface area (Å²) in [7, 11) is 0. The lowest BCUT2D eigenvalue weighted by atomic mass is 10.1. The molecule has 0 spiro atoms. The van der Waals surface area contributed by atoms with Gasteiger partial charge < -0.3 is 21.3 Å². The molecule has 1 fully saturated rings. The van der Waals surface area contributed by atoms with E-state index in [0.717, 1.165) is 66.4 Å². The number of hydrogen-bond acceptors (Lipinski definition) is 9. The number of pyridine rings is 1. The van der Waals surface area contributed by atoms with Crippen LogP contribution >= 0.6 is 11.3 Å². The lowest BCUT2D eigenvalue weighted by Gasteiger charge is -2.25. The van der Waals surface area contributed by atoms with E-state index >= 15 is 0 Å². The molecular weight excluding hydrogens is 438 g/mol. The van der Waals surface area contributed by atoms with E-state index in [9.17, 15) is 4.79 Å². The Hall–Kier alpha value is -3.73. The minimum atomic E-state index is -0.514. The normalized spacial score (nSPS) is 14.6. The van der Waals surface area contributed by atoms with Crippen LogP contribution in [0, 0.1) is 0 Å². The van der Waals surface area contributed by atoms with E-state index < -0.39 is 5.91 Å². The molecule has 0 atom stereocenters. The molecule has 0 unspecified atom stereocenters. The second kappa shape index (κ2) is 8.66. The number of fused-ring (bicyclic) bond motifs is 1. The zero-order valence-electron chi connectivity index (χ0n) is 18.3. The van der Waals surface area contributed by atoms with Gasteiger partial charge in [0.1, 0.15) is 9.71 Å². The number of amides is 1. The highest BCUT2D eigenvalue weighted by atomic mass is 32.1. The van der Waals surface area contributed by atoms with Crippen LogP contribution in [0.25, 0.3) is 21.6 Å². The number of nitrogens with two attached hydrogens (primary N) is 2. The third kappa shape index (κ3) is 3.84. The van der Waals surface area contributed by atoms with Crippen molar-refractivity contribution in [2.75, 3.05) is 41.7 Å². The number of aryl methyl sites for hydroxylation is 1. The average molecular weight is 464 g/mol. The van der Waals surface area contributed by atoms with Crippen molar-refractivity contribution in [2.45, 2.75) is 19.9 Å². The van der Waals surface area contributed by atoms with E-state index in [1.165, 1.54) is 17.0 Å². The predicted octanol–water partition coefficient (Wildman–Crippen LogP) is 2.37. The SMILES string of the molecule is CCn1nnnc1-c1ccc(N2CCCN(c3ccnc4sc(C(N)=O)c(N)c34)CC2)cc1. The van der Waals surface area contributed by atoms with Gasteiger partial charge in [-0.15, -0.1) is 16.4 Å². The van der Waals surface area contributed by atoms with E-state index in [4.69, 9.17) is 11.5 Å². The first-order valence-electron chi connectivity index (χ1n) is 10.9. The van der Waals surface area contributed by atoms with E-state index in [-0.39, 0.29) is 0 Å². The number of primary amides is 1. The van der Waals surface area contributed by atoms with Gasteiger partial charge in [0.15, 0.2) is 5.82 Å². The number of hydrogen-bond donors (Lipinski definition) is 2. The van der Waals surface area contributed by atoms with Crippen LogP contribution in [0.1, 0.15) is 23.0 Å². The number of thiophene rings is 1. The lowest BCUT2D eigenvalue weighted by Crippen LogP contribution is -2.30. The fourth-order valence-corrected chi connectivity index (χ4v) is 5.27. The van der Waals surface area contributed by atoms with E-state index in [0.29, 0.717) is 10.6 Å². The number of aromatic nitrogens is 5. The smallest absolute Gasteiger partial charge is 0.260 e. The molecule has 4 N–H and O–H groups in total. The summed E-state index contributed by atoms with van der Waals surface area (Å²) in [6, 6.07) is 10.4. The van der Waals surface area contributed by atoms with Crippen LogP contribution in [0.5, 0.6) is 0 Å². The lowest BCUT2D eigenvalue weighted by molar-refractivity contribution is 0.100. The van der Waals surface area contributed by atoms with Gasteiger partial charge in [0.2, 0.25) is 0 Å². The third-order valence-corrected chi connectivity index (χ3v) is 7.12. The molecule has 33 heavy (non-hydrogen) atoms. The predicted molar refractivity (Wildman–Crippen MR) is 131 cm³/mol. The van der Waals surface area contributed by atoms with Crippen LogP contribution in [0.4, 0.5) is 17.1 Å². The quantitative estimate of drug-likeness (QED) is 0.461. The van der Waals surface area contributed by atoms with Crippen molar-refractivity contribution in [1.29, 1.82) is 0 Å². The minimum absolute atomic E-state index is 0.371. The number of benzene rings is 1. The van der Waals surface area contributed by atoms with Crippen molar-refractivity contribution in [3.63, 3.8) is 0 Å². The van der Waals surface area contributed by atoms with Crippen LogP contribution in [-0.4, -0.2) is 57.3 Å². The zero-order chi connectivity index (χ0) is 22.9. The highest BCUT2D eigenvalue weighted by Crippen LogP contribution is 2.38. The summed E-state index contributed by atoms with van der Waals surface area (Å²) >= 11 is 1.25. The monoisotopic (exact) mass is 463 g/mol. The van der Waals surface area contributed by atoms with Crippen LogP contribution < -0.4 is 21.3 Å². The first-order chi connectivity index (χ1) is 16.1. The molecule has 1 amide bonds. The molecule has 0 bridgehead atoms. The summed E-state index contributed by atoms with van der Waals surface area (Å²) in [5.41, 5.74) is 15.4. The van der Waals surface area contributed by atoms with Crippen molar-refractivity contribution in [2.24, 2.45) is 5.73 Å². The van der Waals surface area contributed by atoms with Gasteiger partial charge in [-0.3, -0.25) is 4.79 Å². The second-order valence-corrected chi connectivity index (χ2v) is 8.91. The Labute approximate surface area is 194 Å². The average Bonchev–Trinajstić information content (AvgIpc) is 3.36. The molecule has 170 valence electrons. The van der Waals surface area contributed by atoms with Crippen molar-refractivity contribution >= 4 is 44.5 Å².